The molecule has 2 atom stereocenters. The van der Waals surface area contributed by atoms with Gasteiger partial charge in [0.15, 0.2) is 6.10 Å². The first kappa shape index (κ1) is 15.0. The van der Waals surface area contributed by atoms with Gasteiger partial charge in [-0.2, -0.15) is 5.26 Å². The van der Waals surface area contributed by atoms with Crippen molar-refractivity contribution in [3.05, 3.63) is 35.9 Å². The van der Waals surface area contributed by atoms with E-state index in [4.69, 9.17) is 14.7 Å². The van der Waals surface area contributed by atoms with Crippen LogP contribution in [-0.4, -0.2) is 12.3 Å². The molecule has 4 nitrogen and oxygen atoms in total. The number of ether oxygens (including phenoxy) is 2. The second-order valence-corrected chi connectivity index (χ2v) is 5.41. The van der Waals surface area contributed by atoms with Crippen LogP contribution in [0.3, 0.4) is 0 Å². The molecular weight excluding hydrogens is 242 g/mol. The quantitative estimate of drug-likeness (QED) is 0.776. The number of carbonyl (C=O) groups excluding carboxylic acids is 1. The lowest BCUT2D eigenvalue weighted by Crippen LogP contribution is -2.30. The highest BCUT2D eigenvalue weighted by Gasteiger charge is 2.29. The van der Waals surface area contributed by atoms with Gasteiger partial charge in [-0.05, 0) is 12.5 Å². The predicted octanol–water partition coefficient (Wildman–Crippen LogP) is 3.84. The molecule has 0 radical (unpaired) electrons. The predicted molar refractivity (Wildman–Crippen MR) is 71.3 cm³/mol. The second kappa shape index (κ2) is 6.24. The highest BCUT2D eigenvalue weighted by atomic mass is 16.7. The van der Waals surface area contributed by atoms with Gasteiger partial charge in [-0.25, -0.2) is 4.79 Å². The van der Waals surface area contributed by atoms with Crippen LogP contribution in [0.2, 0.25) is 0 Å². The number of nitriles is 1. The molecular formula is C15H19NO3. The molecule has 1 aromatic rings. The van der Waals surface area contributed by atoms with Gasteiger partial charge in [0, 0.05) is 5.41 Å². The molecule has 1 rings (SSSR count). The molecule has 0 heterocycles. The Morgan fingerprint density at radius 2 is 1.79 bits per heavy atom. The fraction of sp³-hybridized carbons (Fsp3) is 0.467. The number of benzene rings is 1. The first-order valence-electron chi connectivity index (χ1n) is 6.16. The molecule has 0 amide bonds. The monoisotopic (exact) mass is 261 g/mol. The van der Waals surface area contributed by atoms with Crippen molar-refractivity contribution >= 4 is 6.16 Å². The summed E-state index contributed by atoms with van der Waals surface area (Å²) in [5.74, 6) is 0. The van der Waals surface area contributed by atoms with Crippen molar-refractivity contribution in [2.24, 2.45) is 5.41 Å². The molecule has 0 aliphatic carbocycles. The summed E-state index contributed by atoms with van der Waals surface area (Å²) in [5, 5.41) is 8.98. The summed E-state index contributed by atoms with van der Waals surface area (Å²) in [6.07, 6.45) is -2.06. The molecule has 0 N–H and O–H groups in total. The number of hydrogen-bond acceptors (Lipinski definition) is 4. The Morgan fingerprint density at radius 3 is 2.26 bits per heavy atom. The van der Waals surface area contributed by atoms with Gasteiger partial charge in [0.05, 0.1) is 0 Å². The topological polar surface area (TPSA) is 59.3 Å². The third-order valence-electron chi connectivity index (χ3n) is 2.66. The maximum Gasteiger partial charge on any atom is 0.510 e. The molecule has 1 aromatic carbocycles. The standard InChI is InChI=1S/C15H19NO3/c1-11(12-8-6-5-7-9-12)18-14(17)19-13(10-16)15(2,3)4/h5-9,11,13H,1-4H3/t11-,13-/m1/s1. The maximum atomic E-state index is 11.6. The summed E-state index contributed by atoms with van der Waals surface area (Å²) < 4.78 is 10.2. The van der Waals surface area contributed by atoms with Crippen LogP contribution in [0.1, 0.15) is 39.4 Å². The zero-order valence-corrected chi connectivity index (χ0v) is 11.7. The van der Waals surface area contributed by atoms with Gasteiger partial charge < -0.3 is 9.47 Å². The first-order chi connectivity index (χ1) is 8.84. The molecule has 19 heavy (non-hydrogen) atoms. The van der Waals surface area contributed by atoms with Crippen molar-refractivity contribution in [2.45, 2.75) is 39.9 Å². The summed E-state index contributed by atoms with van der Waals surface area (Å²) in [5.41, 5.74) is 0.438. The van der Waals surface area contributed by atoms with Crippen LogP contribution >= 0.6 is 0 Å². The zero-order valence-electron chi connectivity index (χ0n) is 11.7. The Bertz CT molecular complexity index is 457. The van der Waals surface area contributed by atoms with E-state index in [2.05, 4.69) is 0 Å². The average Bonchev–Trinajstić information content (AvgIpc) is 2.35. The van der Waals surface area contributed by atoms with Crippen LogP contribution in [0.5, 0.6) is 0 Å². The highest BCUT2D eigenvalue weighted by molar-refractivity contribution is 5.61. The van der Waals surface area contributed by atoms with E-state index >= 15 is 0 Å². The summed E-state index contributed by atoms with van der Waals surface area (Å²) in [4.78, 5) is 11.6. The summed E-state index contributed by atoms with van der Waals surface area (Å²) in [7, 11) is 0. The van der Waals surface area contributed by atoms with Gasteiger partial charge >= 0.3 is 6.16 Å². The maximum absolute atomic E-state index is 11.6. The molecule has 0 aliphatic rings. The van der Waals surface area contributed by atoms with Crippen molar-refractivity contribution in [2.75, 3.05) is 0 Å². The lowest BCUT2D eigenvalue weighted by atomic mass is 9.90. The normalized spacial score (nSPS) is 14.1. The smallest absolute Gasteiger partial charge is 0.426 e. The van der Waals surface area contributed by atoms with Crippen LogP contribution in [0.4, 0.5) is 4.79 Å². The molecule has 0 aliphatic heterocycles. The Hall–Kier alpha value is -2.02. The molecule has 0 saturated heterocycles. The van der Waals surface area contributed by atoms with Crippen LogP contribution in [0.15, 0.2) is 30.3 Å². The van der Waals surface area contributed by atoms with Gasteiger partial charge in [0.25, 0.3) is 0 Å². The number of rotatable bonds is 3. The molecule has 4 heteroatoms. The van der Waals surface area contributed by atoms with E-state index in [-0.39, 0.29) is 0 Å². The fourth-order valence-corrected chi connectivity index (χ4v) is 1.46. The Morgan fingerprint density at radius 1 is 1.21 bits per heavy atom. The minimum absolute atomic E-state index is 0.409. The van der Waals surface area contributed by atoms with Gasteiger partial charge in [0.2, 0.25) is 0 Å². The van der Waals surface area contributed by atoms with E-state index in [1.54, 1.807) is 6.92 Å². The Balaban J connectivity index is 2.59. The summed E-state index contributed by atoms with van der Waals surface area (Å²) in [6.45, 7) is 7.24. The van der Waals surface area contributed by atoms with E-state index in [1.165, 1.54) is 0 Å². The SMILES string of the molecule is C[C@@H](OC(=O)O[C@H](C#N)C(C)(C)C)c1ccccc1. The molecule has 102 valence electrons. The molecule has 0 saturated carbocycles. The van der Waals surface area contributed by atoms with Gasteiger partial charge in [-0.1, -0.05) is 51.1 Å². The van der Waals surface area contributed by atoms with Crippen molar-refractivity contribution < 1.29 is 14.3 Å². The van der Waals surface area contributed by atoms with Crippen LogP contribution in [0.25, 0.3) is 0 Å². The lowest BCUT2D eigenvalue weighted by molar-refractivity contribution is -0.0110. The van der Waals surface area contributed by atoms with Crippen molar-refractivity contribution in [3.63, 3.8) is 0 Å². The van der Waals surface area contributed by atoms with Gasteiger partial charge in [-0.3, -0.25) is 0 Å². The van der Waals surface area contributed by atoms with E-state index in [1.807, 2.05) is 57.2 Å². The Labute approximate surface area is 113 Å². The van der Waals surface area contributed by atoms with Crippen molar-refractivity contribution in [1.82, 2.24) is 0 Å². The minimum Gasteiger partial charge on any atom is -0.426 e. The van der Waals surface area contributed by atoms with Gasteiger partial charge in [0.1, 0.15) is 12.2 Å². The zero-order chi connectivity index (χ0) is 14.5. The lowest BCUT2D eigenvalue weighted by Gasteiger charge is -2.24. The third kappa shape index (κ3) is 4.63. The molecule has 0 unspecified atom stereocenters. The van der Waals surface area contributed by atoms with Crippen LogP contribution in [0, 0.1) is 16.7 Å². The fourth-order valence-electron chi connectivity index (χ4n) is 1.46. The molecule has 0 spiro atoms. The average molecular weight is 261 g/mol. The van der Waals surface area contributed by atoms with E-state index in [0.717, 1.165) is 5.56 Å². The third-order valence-corrected chi connectivity index (χ3v) is 2.66. The van der Waals surface area contributed by atoms with Gasteiger partial charge in [-0.15, -0.1) is 0 Å². The van der Waals surface area contributed by atoms with Crippen molar-refractivity contribution in [1.29, 1.82) is 5.26 Å². The largest absolute Gasteiger partial charge is 0.510 e. The second-order valence-electron chi connectivity index (χ2n) is 5.41. The highest BCUT2D eigenvalue weighted by Crippen LogP contribution is 2.23. The number of nitrogens with zero attached hydrogens (tertiary/aromatic N) is 1. The summed E-state index contributed by atoms with van der Waals surface area (Å²) in [6, 6.07) is 11.3. The summed E-state index contributed by atoms with van der Waals surface area (Å²) >= 11 is 0. The molecule has 0 fully saturated rings. The van der Waals surface area contributed by atoms with Crippen LogP contribution < -0.4 is 0 Å². The number of carbonyl (C=O) groups is 1. The minimum atomic E-state index is -0.831. The van der Waals surface area contributed by atoms with E-state index < -0.39 is 23.8 Å². The van der Waals surface area contributed by atoms with E-state index in [0.29, 0.717) is 0 Å². The van der Waals surface area contributed by atoms with Crippen molar-refractivity contribution in [3.8, 4) is 6.07 Å². The van der Waals surface area contributed by atoms with E-state index in [9.17, 15) is 4.79 Å². The first-order valence-corrected chi connectivity index (χ1v) is 6.16. The molecule has 0 bridgehead atoms. The van der Waals surface area contributed by atoms with Crippen LogP contribution in [-0.2, 0) is 9.47 Å². The Kier molecular flexibility index (Phi) is 4.94. The molecule has 0 aromatic heterocycles. The number of hydrogen-bond donors (Lipinski definition) is 0.